The normalized spacial score (nSPS) is 17.2. The molecule has 2 aromatic carbocycles. The summed E-state index contributed by atoms with van der Waals surface area (Å²) < 4.78 is 19.1. The van der Waals surface area contributed by atoms with Crippen LogP contribution < -0.4 is 15.9 Å². The van der Waals surface area contributed by atoms with Gasteiger partial charge >= 0.3 is 18.0 Å². The van der Waals surface area contributed by atoms with Crippen molar-refractivity contribution in [2.24, 2.45) is 4.99 Å². The molecule has 0 saturated heterocycles. The summed E-state index contributed by atoms with van der Waals surface area (Å²) in [6, 6.07) is 7.84. The summed E-state index contributed by atoms with van der Waals surface area (Å²) in [5.74, 6) is -3.52. The van der Waals surface area contributed by atoms with Gasteiger partial charge < -0.3 is 14.9 Å². The number of benzene rings is 2. The Hall–Kier alpha value is -3.72. The highest BCUT2D eigenvalue weighted by molar-refractivity contribution is 6.30. The first-order chi connectivity index (χ1) is 15.0. The van der Waals surface area contributed by atoms with Gasteiger partial charge in [0.05, 0.1) is 16.5 Å². The number of nitrogens with one attached hydrogen (secondary N) is 1. The Bertz CT molecular complexity index is 1270. The minimum absolute atomic E-state index is 0.0121. The van der Waals surface area contributed by atoms with Crippen LogP contribution in [0.2, 0.25) is 5.02 Å². The lowest BCUT2D eigenvalue weighted by atomic mass is 9.82. The first-order valence-corrected chi connectivity index (χ1v) is 9.74. The summed E-state index contributed by atoms with van der Waals surface area (Å²) in [7, 11) is 0. The molecule has 3 N–H and O–H groups in total. The van der Waals surface area contributed by atoms with Gasteiger partial charge in [-0.05, 0) is 49.8 Å². The fourth-order valence-corrected chi connectivity index (χ4v) is 3.61. The van der Waals surface area contributed by atoms with E-state index in [1.54, 1.807) is 13.8 Å². The van der Waals surface area contributed by atoms with Gasteiger partial charge in [-0.3, -0.25) is 10.3 Å². The maximum atomic E-state index is 14.1. The number of anilines is 1. The highest BCUT2D eigenvalue weighted by Gasteiger charge is 2.46. The molecule has 1 unspecified atom stereocenters. The third-order valence-corrected chi connectivity index (χ3v) is 4.85. The van der Waals surface area contributed by atoms with E-state index < -0.39 is 29.4 Å². The van der Waals surface area contributed by atoms with Gasteiger partial charge in [-0.1, -0.05) is 23.7 Å². The third-order valence-electron chi connectivity index (χ3n) is 4.56. The molecule has 0 radical (unpaired) electrons. The van der Waals surface area contributed by atoms with Crippen molar-refractivity contribution < 1.29 is 33.7 Å². The number of amides is 1. The number of hydrogen-bond donors (Lipinski definition) is 3. The van der Waals surface area contributed by atoms with Crippen molar-refractivity contribution in [3.05, 3.63) is 75.5 Å². The summed E-state index contributed by atoms with van der Waals surface area (Å²) in [6.45, 7) is 3.34. The molecule has 1 heterocycles. The van der Waals surface area contributed by atoms with Crippen molar-refractivity contribution in [2.75, 3.05) is 5.32 Å². The van der Waals surface area contributed by atoms with Crippen molar-refractivity contribution in [1.29, 1.82) is 0 Å². The fraction of sp³-hybridized carbons (Fsp3) is 0.182. The number of fused-ring (bicyclic) bond motifs is 1. The van der Waals surface area contributed by atoms with Gasteiger partial charge in [0.25, 0.3) is 0 Å². The largest absolute Gasteiger partial charge is 0.479 e. The lowest BCUT2D eigenvalue weighted by Crippen LogP contribution is -2.34. The van der Waals surface area contributed by atoms with Crippen LogP contribution in [0.3, 0.4) is 0 Å². The van der Waals surface area contributed by atoms with Crippen LogP contribution in [0.5, 0.6) is 0 Å². The highest BCUT2D eigenvalue weighted by atomic mass is 35.5. The zero-order valence-corrected chi connectivity index (χ0v) is 17.7. The Morgan fingerprint density at radius 1 is 1.22 bits per heavy atom. The number of nitrogens with zero attached hydrogens (tertiary/aromatic N) is 1. The first kappa shape index (κ1) is 23.0. The fourth-order valence-electron chi connectivity index (χ4n) is 3.36. The maximum absolute atomic E-state index is 14.1. The lowest BCUT2D eigenvalue weighted by Gasteiger charge is -2.25. The van der Waals surface area contributed by atoms with Gasteiger partial charge in [0.2, 0.25) is 5.54 Å². The van der Waals surface area contributed by atoms with Crippen LogP contribution in [0.4, 0.5) is 14.9 Å². The molecule has 32 heavy (non-hydrogen) atoms. The van der Waals surface area contributed by atoms with E-state index in [2.05, 4.69) is 10.3 Å². The van der Waals surface area contributed by atoms with Crippen LogP contribution >= 0.6 is 11.6 Å². The summed E-state index contributed by atoms with van der Waals surface area (Å²) in [5, 5.41) is 21.7. The Balaban J connectivity index is 2.26. The number of halogens is 2. The smallest absolute Gasteiger partial charge is 0.411 e. The average Bonchev–Trinajstić information content (AvgIpc) is 3.01. The number of aliphatic carboxylic acids is 2. The van der Waals surface area contributed by atoms with E-state index in [4.69, 9.17) is 21.4 Å². The Morgan fingerprint density at radius 3 is 2.56 bits per heavy atom. The second kappa shape index (κ2) is 8.80. The maximum Gasteiger partial charge on any atom is 0.411 e. The monoisotopic (exact) mass is 460 g/mol. The summed E-state index contributed by atoms with van der Waals surface area (Å²) in [4.78, 5) is 40.0. The van der Waals surface area contributed by atoms with Gasteiger partial charge in [0, 0.05) is 22.6 Å². The molecule has 8 nitrogen and oxygen atoms in total. The summed E-state index contributed by atoms with van der Waals surface area (Å²) in [5.41, 5.74) is -1.92. The predicted octanol–water partition coefficient (Wildman–Crippen LogP) is 2.84. The molecule has 1 aliphatic heterocycles. The number of rotatable bonds is 6. The topological polar surface area (TPSA) is 125 Å². The third kappa shape index (κ3) is 4.33. The number of ether oxygens (including phenoxy) is 1. The second-order valence-corrected chi connectivity index (χ2v) is 7.56. The van der Waals surface area contributed by atoms with E-state index in [9.17, 15) is 23.9 Å². The Morgan fingerprint density at radius 2 is 1.94 bits per heavy atom. The molecule has 0 fully saturated rings. The van der Waals surface area contributed by atoms with E-state index >= 15 is 0 Å². The van der Waals surface area contributed by atoms with Crippen molar-refractivity contribution in [3.63, 3.8) is 0 Å². The molecule has 0 saturated carbocycles. The molecular weight excluding hydrogens is 443 g/mol. The molecular formula is C22H18ClFN2O6. The molecule has 1 aliphatic rings. The van der Waals surface area contributed by atoms with E-state index in [0.717, 1.165) is 24.3 Å². The van der Waals surface area contributed by atoms with E-state index in [1.807, 2.05) is 0 Å². The molecule has 0 bridgehead atoms. The molecule has 10 heteroatoms. The summed E-state index contributed by atoms with van der Waals surface area (Å²) >= 11 is 6.12. The zero-order chi connectivity index (χ0) is 23.6. The number of carbonyl (C=O) groups is 3. The molecule has 3 rings (SSSR count). The molecule has 0 spiro atoms. The van der Waals surface area contributed by atoms with Crippen LogP contribution in [-0.4, -0.2) is 34.3 Å². The van der Waals surface area contributed by atoms with Crippen LogP contribution in [0.1, 0.15) is 19.4 Å². The van der Waals surface area contributed by atoms with Crippen LogP contribution in [0.15, 0.2) is 53.5 Å². The van der Waals surface area contributed by atoms with Crippen LogP contribution in [0.25, 0.3) is 5.57 Å². The second-order valence-electron chi connectivity index (χ2n) is 7.16. The SMILES string of the molecule is CC(C)OC(=O)Nc1cccc(C2(C(=O)O)N=c3c(Cl)cc(F)cc3=C2C=CC(=O)O)c1. The van der Waals surface area contributed by atoms with Gasteiger partial charge in [0.1, 0.15) is 5.82 Å². The van der Waals surface area contributed by atoms with Crippen molar-refractivity contribution in [2.45, 2.75) is 25.5 Å². The standard InChI is InChI=1S/C22H18ClFN2O6/c1-11(2)32-21(31)25-14-5-3-4-12(8-14)22(20(29)30)16(6-7-18(27)28)15-9-13(24)10-17(23)19(15)26-22/h3-11H,1-2H3,(H,25,31)(H,27,28)(H,29,30). The summed E-state index contributed by atoms with van der Waals surface area (Å²) in [6.07, 6.45) is 0.669. The van der Waals surface area contributed by atoms with Gasteiger partial charge in [0.15, 0.2) is 0 Å². The minimum Gasteiger partial charge on any atom is -0.479 e. The van der Waals surface area contributed by atoms with E-state index in [-0.39, 0.29) is 38.5 Å². The quantitative estimate of drug-likeness (QED) is 0.569. The van der Waals surface area contributed by atoms with Crippen LogP contribution in [0, 0.1) is 5.82 Å². The van der Waals surface area contributed by atoms with Crippen molar-refractivity contribution >= 4 is 40.9 Å². The van der Waals surface area contributed by atoms with Gasteiger partial charge in [-0.25, -0.2) is 18.8 Å². The Labute approximate surface area is 186 Å². The number of carboxylic acids is 2. The lowest BCUT2D eigenvalue weighted by molar-refractivity contribution is -0.141. The molecule has 2 aromatic rings. The molecule has 0 aliphatic carbocycles. The first-order valence-electron chi connectivity index (χ1n) is 9.37. The van der Waals surface area contributed by atoms with E-state index in [0.29, 0.717) is 0 Å². The van der Waals surface area contributed by atoms with E-state index in [1.165, 1.54) is 24.3 Å². The van der Waals surface area contributed by atoms with Gasteiger partial charge in [-0.2, -0.15) is 0 Å². The molecule has 0 aromatic heterocycles. The minimum atomic E-state index is -2.13. The average molecular weight is 461 g/mol. The Kier molecular flexibility index (Phi) is 6.31. The van der Waals surface area contributed by atoms with Gasteiger partial charge in [-0.15, -0.1) is 0 Å². The van der Waals surface area contributed by atoms with Crippen LogP contribution in [-0.2, 0) is 19.9 Å². The van der Waals surface area contributed by atoms with Crippen molar-refractivity contribution in [3.8, 4) is 0 Å². The molecule has 166 valence electrons. The zero-order valence-electron chi connectivity index (χ0n) is 16.9. The molecule has 1 amide bonds. The highest BCUT2D eigenvalue weighted by Crippen LogP contribution is 2.38. The number of carboxylic acid groups (broad SMARTS) is 2. The molecule has 1 atom stereocenters. The number of hydrogen-bond acceptors (Lipinski definition) is 5. The predicted molar refractivity (Wildman–Crippen MR) is 113 cm³/mol. The number of carbonyl (C=O) groups excluding carboxylic acids is 1. The van der Waals surface area contributed by atoms with Crippen molar-refractivity contribution in [1.82, 2.24) is 0 Å².